The van der Waals surface area contributed by atoms with Crippen molar-refractivity contribution >= 4 is 23.5 Å². The lowest BCUT2D eigenvalue weighted by Crippen LogP contribution is -2.40. The third kappa shape index (κ3) is 2.75. The molecule has 2 rings (SSSR count). The van der Waals surface area contributed by atoms with E-state index in [1.165, 1.54) is 32.6 Å². The number of rotatable bonds is 5. The molecule has 0 unspecified atom stereocenters. The van der Waals surface area contributed by atoms with Gasteiger partial charge in [0.15, 0.2) is 5.69 Å². The molecule has 0 aliphatic heterocycles. The molecule has 6 heteroatoms. The number of anilines is 1. The summed E-state index contributed by atoms with van der Waals surface area (Å²) in [5.41, 5.74) is 0.228. The van der Waals surface area contributed by atoms with Gasteiger partial charge in [0, 0.05) is 11.3 Å². The van der Waals surface area contributed by atoms with Crippen LogP contribution in [0, 0.1) is 0 Å². The first-order chi connectivity index (χ1) is 8.69. The van der Waals surface area contributed by atoms with E-state index in [1.807, 2.05) is 11.8 Å². The molecular weight excluding hydrogens is 250 g/mol. The average molecular weight is 267 g/mol. The highest BCUT2D eigenvalue weighted by Gasteiger charge is 2.35. The summed E-state index contributed by atoms with van der Waals surface area (Å²) < 4.78 is 4.92. The van der Waals surface area contributed by atoms with Gasteiger partial charge in [-0.15, -0.1) is 0 Å². The fourth-order valence-electron chi connectivity index (χ4n) is 1.91. The molecule has 5 nitrogen and oxygen atoms in total. The Morgan fingerprint density at radius 2 is 2.28 bits per heavy atom. The van der Waals surface area contributed by atoms with E-state index in [9.17, 15) is 4.79 Å². The fraction of sp³-hybridized carbons (Fsp3) is 0.583. The first kappa shape index (κ1) is 13.1. The van der Waals surface area contributed by atoms with Crippen LogP contribution in [-0.2, 0) is 4.74 Å². The second-order valence-electron chi connectivity index (χ2n) is 4.37. The highest BCUT2D eigenvalue weighted by molar-refractivity contribution is 8.00. The number of hydrogen-bond acceptors (Lipinski definition) is 6. The number of ether oxygens (including phenoxy) is 1. The number of nitrogens with one attached hydrogen (secondary N) is 1. The molecule has 0 aromatic carbocycles. The molecule has 18 heavy (non-hydrogen) atoms. The maximum Gasteiger partial charge on any atom is 0.358 e. The summed E-state index contributed by atoms with van der Waals surface area (Å²) in [6, 6.07) is 0. The van der Waals surface area contributed by atoms with Crippen LogP contribution >= 0.6 is 11.8 Å². The second-order valence-corrected chi connectivity index (χ2v) is 5.65. The molecule has 0 saturated heterocycles. The Labute approximate surface area is 111 Å². The van der Waals surface area contributed by atoms with Gasteiger partial charge in [0.1, 0.15) is 5.82 Å². The number of thioether (sulfide) groups is 1. The Bertz CT molecular complexity index is 412. The smallest absolute Gasteiger partial charge is 0.358 e. The molecule has 0 bridgehead atoms. The minimum atomic E-state index is -0.464. The third-order valence-electron chi connectivity index (χ3n) is 3.34. The molecule has 0 atom stereocenters. The van der Waals surface area contributed by atoms with Gasteiger partial charge in [-0.05, 0) is 19.1 Å². The monoisotopic (exact) mass is 267 g/mol. The highest BCUT2D eigenvalue weighted by atomic mass is 32.2. The minimum Gasteiger partial charge on any atom is -0.464 e. The largest absolute Gasteiger partial charge is 0.464 e. The van der Waals surface area contributed by atoms with Crippen LogP contribution in [0.4, 0.5) is 5.82 Å². The van der Waals surface area contributed by atoms with Crippen LogP contribution in [0.3, 0.4) is 0 Å². The van der Waals surface area contributed by atoms with Crippen molar-refractivity contribution in [3.05, 3.63) is 18.1 Å². The normalized spacial score (nSPS) is 16.8. The molecule has 0 radical (unpaired) electrons. The zero-order valence-corrected chi connectivity index (χ0v) is 11.4. The summed E-state index contributed by atoms with van der Waals surface area (Å²) >= 11 is 1.91. The zero-order chi connectivity index (χ0) is 13.0. The quantitative estimate of drug-likeness (QED) is 0.823. The van der Waals surface area contributed by atoms with Gasteiger partial charge in [-0.25, -0.2) is 14.8 Å². The molecule has 1 aliphatic rings. The molecule has 0 amide bonds. The Morgan fingerprint density at radius 3 is 2.72 bits per heavy atom. The number of carbonyl (C=O) groups excluding carboxylic acids is 1. The Hall–Kier alpha value is -1.30. The molecule has 1 N–H and O–H groups in total. The van der Waals surface area contributed by atoms with Crippen molar-refractivity contribution in [1.29, 1.82) is 0 Å². The molecular formula is C12H17N3O2S. The predicted molar refractivity (Wildman–Crippen MR) is 72.0 cm³/mol. The second kappa shape index (κ2) is 5.56. The maximum atomic E-state index is 11.2. The average Bonchev–Trinajstić information content (AvgIpc) is 2.38. The van der Waals surface area contributed by atoms with Crippen LogP contribution in [0.15, 0.2) is 12.4 Å². The summed E-state index contributed by atoms with van der Waals surface area (Å²) in [5, 5.41) is 3.28. The predicted octanol–water partition coefficient (Wildman–Crippen LogP) is 1.96. The van der Waals surface area contributed by atoms with E-state index in [4.69, 9.17) is 0 Å². The molecule has 1 aliphatic carbocycles. The van der Waals surface area contributed by atoms with E-state index in [1.54, 1.807) is 6.20 Å². The van der Waals surface area contributed by atoms with Crippen molar-refractivity contribution in [3.63, 3.8) is 0 Å². The SMILES string of the molecule is COC(=O)c1cnc(NCC2(SC)CCC2)cn1. The van der Waals surface area contributed by atoms with Crippen LogP contribution in [-0.4, -0.2) is 40.6 Å². The van der Waals surface area contributed by atoms with Crippen LogP contribution in [0.2, 0.25) is 0 Å². The fourth-order valence-corrected chi connectivity index (χ4v) is 2.82. The van der Waals surface area contributed by atoms with Gasteiger partial charge >= 0.3 is 5.97 Å². The van der Waals surface area contributed by atoms with Gasteiger partial charge in [-0.2, -0.15) is 11.8 Å². The summed E-state index contributed by atoms with van der Waals surface area (Å²) in [6.07, 6.45) is 8.94. The highest BCUT2D eigenvalue weighted by Crippen LogP contribution is 2.42. The Kier molecular flexibility index (Phi) is 4.06. The molecule has 1 aromatic rings. The summed E-state index contributed by atoms with van der Waals surface area (Å²) in [4.78, 5) is 19.4. The van der Waals surface area contributed by atoms with Crippen molar-refractivity contribution in [3.8, 4) is 0 Å². The van der Waals surface area contributed by atoms with E-state index in [0.29, 0.717) is 10.6 Å². The lowest BCUT2D eigenvalue weighted by Gasteiger charge is -2.40. The lowest BCUT2D eigenvalue weighted by molar-refractivity contribution is 0.0593. The van der Waals surface area contributed by atoms with E-state index in [2.05, 4.69) is 26.3 Å². The van der Waals surface area contributed by atoms with Gasteiger partial charge in [-0.3, -0.25) is 0 Å². The van der Waals surface area contributed by atoms with Crippen molar-refractivity contribution in [2.45, 2.75) is 24.0 Å². The summed E-state index contributed by atoms with van der Waals surface area (Å²) in [7, 11) is 1.33. The number of nitrogens with zero attached hydrogens (tertiary/aromatic N) is 2. The van der Waals surface area contributed by atoms with Crippen molar-refractivity contribution in [2.75, 3.05) is 25.2 Å². The van der Waals surface area contributed by atoms with E-state index in [0.717, 1.165) is 6.54 Å². The first-order valence-corrected chi connectivity index (χ1v) is 7.11. The third-order valence-corrected chi connectivity index (χ3v) is 4.75. The summed E-state index contributed by atoms with van der Waals surface area (Å²) in [5.74, 6) is 0.233. The molecule has 0 spiro atoms. The minimum absolute atomic E-state index is 0.228. The van der Waals surface area contributed by atoms with Gasteiger partial charge in [-0.1, -0.05) is 6.42 Å². The molecule has 98 valence electrons. The molecule has 1 heterocycles. The van der Waals surface area contributed by atoms with Crippen LogP contribution < -0.4 is 5.32 Å². The lowest BCUT2D eigenvalue weighted by atomic mass is 9.84. The van der Waals surface area contributed by atoms with Crippen LogP contribution in [0.5, 0.6) is 0 Å². The topological polar surface area (TPSA) is 64.1 Å². The zero-order valence-electron chi connectivity index (χ0n) is 10.6. The van der Waals surface area contributed by atoms with Gasteiger partial charge in [0.25, 0.3) is 0 Å². The van der Waals surface area contributed by atoms with Gasteiger partial charge < -0.3 is 10.1 Å². The van der Waals surface area contributed by atoms with Crippen LogP contribution in [0.1, 0.15) is 29.8 Å². The molecule has 1 fully saturated rings. The molecule has 1 aromatic heterocycles. The number of hydrogen-bond donors (Lipinski definition) is 1. The maximum absolute atomic E-state index is 11.2. The van der Waals surface area contributed by atoms with Crippen molar-refractivity contribution in [2.24, 2.45) is 0 Å². The van der Waals surface area contributed by atoms with E-state index in [-0.39, 0.29) is 5.69 Å². The number of carbonyl (C=O) groups is 1. The number of esters is 1. The van der Waals surface area contributed by atoms with Gasteiger partial charge in [0.05, 0.1) is 19.5 Å². The van der Waals surface area contributed by atoms with E-state index < -0.39 is 5.97 Å². The number of aromatic nitrogens is 2. The van der Waals surface area contributed by atoms with Crippen molar-refractivity contribution in [1.82, 2.24) is 9.97 Å². The first-order valence-electron chi connectivity index (χ1n) is 5.88. The van der Waals surface area contributed by atoms with Gasteiger partial charge in [0.2, 0.25) is 0 Å². The number of methoxy groups -OCH3 is 1. The molecule has 1 saturated carbocycles. The standard InChI is InChI=1S/C12H17N3O2S/c1-17-11(16)9-6-14-10(7-13-9)15-8-12(18-2)4-3-5-12/h6-7H,3-5,8H2,1-2H3,(H,14,15). The van der Waals surface area contributed by atoms with Crippen molar-refractivity contribution < 1.29 is 9.53 Å². The Balaban J connectivity index is 1.92. The van der Waals surface area contributed by atoms with E-state index >= 15 is 0 Å². The van der Waals surface area contributed by atoms with Crippen LogP contribution in [0.25, 0.3) is 0 Å². The Morgan fingerprint density at radius 1 is 1.50 bits per heavy atom. The summed E-state index contributed by atoms with van der Waals surface area (Å²) in [6.45, 7) is 0.889.